The van der Waals surface area contributed by atoms with Gasteiger partial charge in [-0.3, -0.25) is 4.79 Å². The van der Waals surface area contributed by atoms with Crippen molar-refractivity contribution in [2.75, 3.05) is 5.75 Å². The van der Waals surface area contributed by atoms with Crippen molar-refractivity contribution in [2.45, 2.75) is 4.90 Å². The lowest BCUT2D eigenvalue weighted by Crippen LogP contribution is -2.03. The van der Waals surface area contributed by atoms with Crippen molar-refractivity contribution < 1.29 is 13.6 Å². The maximum absolute atomic E-state index is 13.4. The molecule has 0 N–H and O–H groups in total. The molecule has 0 bridgehead atoms. The second-order valence-electron chi connectivity index (χ2n) is 3.77. The molecule has 0 unspecified atom stereocenters. The van der Waals surface area contributed by atoms with Crippen LogP contribution >= 0.6 is 23.4 Å². The molecule has 0 aliphatic heterocycles. The van der Waals surface area contributed by atoms with Crippen LogP contribution in [0.4, 0.5) is 8.78 Å². The SMILES string of the molecule is O=C(CSc1cc(F)ccc1F)c1ccccc1Cl. The molecule has 0 amide bonds. The Balaban J connectivity index is 2.09. The summed E-state index contributed by atoms with van der Waals surface area (Å²) in [7, 11) is 0. The summed E-state index contributed by atoms with van der Waals surface area (Å²) in [6, 6.07) is 9.78. The van der Waals surface area contributed by atoms with E-state index in [2.05, 4.69) is 0 Å². The number of ketones is 1. The van der Waals surface area contributed by atoms with E-state index in [1.165, 1.54) is 0 Å². The van der Waals surface area contributed by atoms with Gasteiger partial charge in [0.25, 0.3) is 0 Å². The molecule has 98 valence electrons. The van der Waals surface area contributed by atoms with E-state index in [0.717, 1.165) is 30.0 Å². The van der Waals surface area contributed by atoms with Crippen LogP contribution in [0.25, 0.3) is 0 Å². The van der Waals surface area contributed by atoms with Crippen molar-refractivity contribution >= 4 is 29.1 Å². The van der Waals surface area contributed by atoms with E-state index in [9.17, 15) is 13.6 Å². The Bertz CT molecular complexity index is 616. The summed E-state index contributed by atoms with van der Waals surface area (Å²) in [6.45, 7) is 0. The average molecular weight is 299 g/mol. The number of benzene rings is 2. The van der Waals surface area contributed by atoms with Crippen LogP contribution in [0.3, 0.4) is 0 Å². The van der Waals surface area contributed by atoms with Crippen molar-refractivity contribution in [1.82, 2.24) is 0 Å². The molecule has 0 aliphatic carbocycles. The monoisotopic (exact) mass is 298 g/mol. The second kappa shape index (κ2) is 6.17. The quantitative estimate of drug-likeness (QED) is 0.606. The third-order valence-electron chi connectivity index (χ3n) is 2.43. The van der Waals surface area contributed by atoms with Crippen LogP contribution in [0.1, 0.15) is 10.4 Å². The summed E-state index contributed by atoms with van der Waals surface area (Å²) in [5, 5.41) is 0.354. The smallest absolute Gasteiger partial charge is 0.174 e. The molecule has 2 aromatic rings. The van der Waals surface area contributed by atoms with Crippen LogP contribution in [0.5, 0.6) is 0 Å². The van der Waals surface area contributed by atoms with Crippen LogP contribution in [-0.2, 0) is 0 Å². The lowest BCUT2D eigenvalue weighted by molar-refractivity contribution is 0.102. The summed E-state index contributed by atoms with van der Waals surface area (Å²) in [6.07, 6.45) is 0. The predicted molar refractivity (Wildman–Crippen MR) is 72.9 cm³/mol. The van der Waals surface area contributed by atoms with Crippen LogP contribution in [0, 0.1) is 11.6 Å². The van der Waals surface area contributed by atoms with Gasteiger partial charge in [0.1, 0.15) is 11.6 Å². The van der Waals surface area contributed by atoms with Gasteiger partial charge in [-0.15, -0.1) is 11.8 Å². The predicted octanol–water partition coefficient (Wildman–Crippen LogP) is 4.59. The van der Waals surface area contributed by atoms with Crippen molar-refractivity contribution in [3.63, 3.8) is 0 Å². The summed E-state index contributed by atoms with van der Waals surface area (Å²) in [4.78, 5) is 12.0. The molecular weight excluding hydrogens is 290 g/mol. The fourth-order valence-corrected chi connectivity index (χ4v) is 2.58. The number of Topliss-reactive ketones (excluding diaryl/α,β-unsaturated/α-hetero) is 1. The minimum atomic E-state index is -0.543. The van der Waals surface area contributed by atoms with E-state index in [0.29, 0.717) is 10.6 Å². The standard InChI is InChI=1S/C14H9ClF2OS/c15-11-4-2-1-3-10(11)13(18)8-19-14-7-9(16)5-6-12(14)17/h1-7H,8H2. The average Bonchev–Trinajstić information content (AvgIpc) is 2.40. The molecule has 5 heteroatoms. The van der Waals surface area contributed by atoms with Crippen LogP contribution in [0.15, 0.2) is 47.4 Å². The zero-order valence-electron chi connectivity index (χ0n) is 9.70. The summed E-state index contributed by atoms with van der Waals surface area (Å²) >= 11 is 6.84. The Morgan fingerprint density at radius 2 is 1.89 bits per heavy atom. The zero-order chi connectivity index (χ0) is 13.8. The molecule has 0 atom stereocenters. The van der Waals surface area contributed by atoms with Crippen molar-refractivity contribution in [1.29, 1.82) is 0 Å². The number of carbonyl (C=O) groups excluding carboxylic acids is 1. The number of thioether (sulfide) groups is 1. The summed E-state index contributed by atoms with van der Waals surface area (Å²) in [5.41, 5.74) is 0.383. The van der Waals surface area contributed by atoms with Gasteiger partial charge in [-0.2, -0.15) is 0 Å². The minimum absolute atomic E-state index is 0.00407. The van der Waals surface area contributed by atoms with Gasteiger partial charge in [0.2, 0.25) is 0 Å². The molecule has 0 heterocycles. The number of carbonyl (C=O) groups is 1. The van der Waals surface area contributed by atoms with Gasteiger partial charge >= 0.3 is 0 Å². The Labute approximate surface area is 118 Å². The molecule has 0 saturated carbocycles. The molecule has 1 nitrogen and oxygen atoms in total. The lowest BCUT2D eigenvalue weighted by atomic mass is 10.1. The number of hydrogen-bond donors (Lipinski definition) is 0. The first-order valence-electron chi connectivity index (χ1n) is 5.43. The van der Waals surface area contributed by atoms with E-state index in [-0.39, 0.29) is 16.4 Å². The largest absolute Gasteiger partial charge is 0.293 e. The summed E-state index contributed by atoms with van der Waals surface area (Å²) in [5.74, 6) is -1.30. The van der Waals surface area contributed by atoms with Crippen LogP contribution < -0.4 is 0 Å². The molecule has 19 heavy (non-hydrogen) atoms. The Kier molecular flexibility index (Phi) is 4.56. The Morgan fingerprint density at radius 1 is 1.16 bits per heavy atom. The van der Waals surface area contributed by atoms with E-state index in [1.807, 2.05) is 0 Å². The highest BCUT2D eigenvalue weighted by Crippen LogP contribution is 2.25. The fourth-order valence-electron chi connectivity index (χ4n) is 1.50. The fraction of sp³-hybridized carbons (Fsp3) is 0.0714. The third-order valence-corrected chi connectivity index (χ3v) is 3.79. The molecule has 2 rings (SSSR count). The van der Waals surface area contributed by atoms with Crippen molar-refractivity contribution in [3.8, 4) is 0 Å². The van der Waals surface area contributed by atoms with Gasteiger partial charge in [-0.25, -0.2) is 8.78 Å². The van der Waals surface area contributed by atoms with Gasteiger partial charge in [0.05, 0.1) is 10.8 Å². The highest BCUT2D eigenvalue weighted by atomic mass is 35.5. The first-order valence-corrected chi connectivity index (χ1v) is 6.80. The van der Waals surface area contributed by atoms with Crippen molar-refractivity contribution in [3.05, 3.63) is 64.7 Å². The van der Waals surface area contributed by atoms with E-state index in [1.54, 1.807) is 24.3 Å². The maximum Gasteiger partial charge on any atom is 0.174 e. The van der Waals surface area contributed by atoms with E-state index < -0.39 is 11.6 Å². The first kappa shape index (κ1) is 14.0. The summed E-state index contributed by atoms with van der Waals surface area (Å²) < 4.78 is 26.3. The van der Waals surface area contributed by atoms with Gasteiger partial charge in [-0.1, -0.05) is 23.7 Å². The number of halogens is 3. The van der Waals surface area contributed by atoms with Gasteiger partial charge in [-0.05, 0) is 30.3 Å². The molecular formula is C14H9ClF2OS. The zero-order valence-corrected chi connectivity index (χ0v) is 11.3. The van der Waals surface area contributed by atoms with E-state index >= 15 is 0 Å². The highest BCUT2D eigenvalue weighted by Gasteiger charge is 2.12. The maximum atomic E-state index is 13.4. The van der Waals surface area contributed by atoms with Crippen molar-refractivity contribution in [2.24, 2.45) is 0 Å². The van der Waals surface area contributed by atoms with Gasteiger partial charge in [0.15, 0.2) is 5.78 Å². The van der Waals surface area contributed by atoms with Gasteiger partial charge < -0.3 is 0 Å². The third kappa shape index (κ3) is 3.55. The molecule has 0 radical (unpaired) electrons. The molecule has 0 saturated heterocycles. The minimum Gasteiger partial charge on any atom is -0.293 e. The number of hydrogen-bond acceptors (Lipinski definition) is 2. The Hall–Kier alpha value is -1.39. The molecule has 0 spiro atoms. The normalized spacial score (nSPS) is 10.5. The lowest BCUT2D eigenvalue weighted by Gasteiger charge is -2.04. The Morgan fingerprint density at radius 3 is 2.63 bits per heavy atom. The first-order chi connectivity index (χ1) is 9.08. The molecule has 0 aromatic heterocycles. The molecule has 2 aromatic carbocycles. The molecule has 0 aliphatic rings. The highest BCUT2D eigenvalue weighted by molar-refractivity contribution is 8.00. The van der Waals surface area contributed by atoms with E-state index in [4.69, 9.17) is 11.6 Å². The molecule has 0 fully saturated rings. The van der Waals surface area contributed by atoms with Gasteiger partial charge in [0, 0.05) is 10.5 Å². The van der Waals surface area contributed by atoms with Crippen LogP contribution in [0.2, 0.25) is 5.02 Å². The number of rotatable bonds is 4. The van der Waals surface area contributed by atoms with Crippen LogP contribution in [-0.4, -0.2) is 11.5 Å². The topological polar surface area (TPSA) is 17.1 Å². The second-order valence-corrected chi connectivity index (χ2v) is 5.19.